The molecule has 0 aliphatic carbocycles. The zero-order valence-electron chi connectivity index (χ0n) is 16.8. The summed E-state index contributed by atoms with van der Waals surface area (Å²) in [6, 6.07) is 2.63. The molecule has 3 rings (SSSR count). The Morgan fingerprint density at radius 3 is 2.32 bits per heavy atom. The molecule has 0 unspecified atom stereocenters. The first kappa shape index (κ1) is 24.9. The van der Waals surface area contributed by atoms with Crippen LogP contribution in [0.25, 0.3) is 10.9 Å². The third-order valence-electron chi connectivity index (χ3n) is 5.10. The van der Waals surface area contributed by atoms with E-state index >= 15 is 0 Å². The van der Waals surface area contributed by atoms with Crippen LogP contribution in [0, 0.1) is 0 Å². The van der Waals surface area contributed by atoms with E-state index in [1.54, 1.807) is 0 Å². The maximum atomic E-state index is 13.4. The number of fused-ring (bicyclic) bond motifs is 1. The molecule has 1 aromatic carbocycles. The number of hydrogen-bond acceptors (Lipinski definition) is 4. The van der Waals surface area contributed by atoms with Crippen LogP contribution in [-0.2, 0) is 17.1 Å². The van der Waals surface area contributed by atoms with Gasteiger partial charge >= 0.3 is 12.4 Å². The van der Waals surface area contributed by atoms with Crippen molar-refractivity contribution in [1.29, 1.82) is 0 Å². The van der Waals surface area contributed by atoms with Gasteiger partial charge in [-0.3, -0.25) is 4.79 Å². The van der Waals surface area contributed by atoms with Crippen molar-refractivity contribution in [1.82, 2.24) is 9.88 Å². The average molecular weight is 452 g/mol. The molecule has 1 amide bonds. The van der Waals surface area contributed by atoms with Gasteiger partial charge in [0, 0.05) is 26.0 Å². The van der Waals surface area contributed by atoms with Crippen molar-refractivity contribution in [3.63, 3.8) is 0 Å². The normalized spacial score (nSPS) is 18.4. The fourth-order valence-corrected chi connectivity index (χ4v) is 3.78. The van der Waals surface area contributed by atoms with Gasteiger partial charge in [0.25, 0.3) is 0 Å². The second kappa shape index (κ2) is 9.39. The van der Waals surface area contributed by atoms with Gasteiger partial charge in [0.15, 0.2) is 0 Å². The van der Waals surface area contributed by atoms with Crippen LogP contribution in [0.4, 0.5) is 26.3 Å². The zero-order chi connectivity index (χ0) is 23.6. The summed E-state index contributed by atoms with van der Waals surface area (Å²) < 4.78 is 80.1. The number of amides is 1. The van der Waals surface area contributed by atoms with Crippen molar-refractivity contribution in [3.8, 4) is 0 Å². The third kappa shape index (κ3) is 5.27. The molecule has 2 aromatic rings. The molecule has 1 fully saturated rings. The predicted octanol–water partition coefficient (Wildman–Crippen LogP) is 4.32. The maximum absolute atomic E-state index is 13.4. The minimum Gasteiger partial charge on any atom is -0.400 e. The van der Waals surface area contributed by atoms with Gasteiger partial charge in [-0.15, -0.1) is 0 Å². The lowest BCUT2D eigenvalue weighted by atomic mass is 9.90. The molecule has 1 aliphatic heterocycles. The Balaban J connectivity index is 0.00000166. The minimum absolute atomic E-state index is 0.227. The number of halogens is 6. The molecule has 1 aliphatic rings. The van der Waals surface area contributed by atoms with Crippen LogP contribution in [0.3, 0.4) is 0 Å². The first-order valence-electron chi connectivity index (χ1n) is 9.39. The SMILES string of the molecule is CC(=O)N1CCCC[C@H]1[C@H](O)c1cc(C(F)(F)F)nc2c(C(F)(F)F)cccc12.CO. The summed E-state index contributed by atoms with van der Waals surface area (Å²) in [5.74, 6) is -0.362. The number of carbonyl (C=O) groups excluding carboxylic acids is 1. The predicted molar refractivity (Wildman–Crippen MR) is 99.9 cm³/mol. The molecule has 0 spiro atoms. The molecule has 172 valence electrons. The van der Waals surface area contributed by atoms with E-state index in [1.807, 2.05) is 0 Å². The van der Waals surface area contributed by atoms with Crippen LogP contribution in [0.1, 0.15) is 49.1 Å². The summed E-state index contributed by atoms with van der Waals surface area (Å²) in [6.07, 6.45) is -9.89. The fourth-order valence-electron chi connectivity index (χ4n) is 3.78. The van der Waals surface area contributed by atoms with E-state index in [0.29, 0.717) is 37.9 Å². The summed E-state index contributed by atoms with van der Waals surface area (Å²) in [4.78, 5) is 16.5. The van der Waals surface area contributed by atoms with E-state index in [0.717, 1.165) is 13.2 Å². The van der Waals surface area contributed by atoms with Crippen molar-refractivity contribution in [2.75, 3.05) is 13.7 Å². The van der Waals surface area contributed by atoms with E-state index in [-0.39, 0.29) is 16.9 Å². The van der Waals surface area contributed by atoms with Gasteiger partial charge in [-0.25, -0.2) is 4.98 Å². The van der Waals surface area contributed by atoms with Gasteiger partial charge < -0.3 is 15.1 Å². The molecule has 1 saturated heterocycles. The zero-order valence-corrected chi connectivity index (χ0v) is 16.8. The second-order valence-corrected chi connectivity index (χ2v) is 7.01. The van der Waals surface area contributed by atoms with Crippen LogP contribution in [0.2, 0.25) is 0 Å². The molecule has 2 N–H and O–H groups in total. The van der Waals surface area contributed by atoms with Crippen LogP contribution in [0.5, 0.6) is 0 Å². The Bertz CT molecular complexity index is 929. The summed E-state index contributed by atoms with van der Waals surface area (Å²) in [5, 5.41) is 17.6. The number of pyridine rings is 1. The van der Waals surface area contributed by atoms with E-state index in [1.165, 1.54) is 17.9 Å². The van der Waals surface area contributed by atoms with Gasteiger partial charge in [-0.1, -0.05) is 12.1 Å². The number of nitrogens with zero attached hydrogens (tertiary/aromatic N) is 2. The number of aromatic nitrogens is 1. The number of rotatable bonds is 2. The molecule has 11 heteroatoms. The standard InChI is InChI=1S/C19H18F6N2O2.CH4O/c1-10(28)27-8-3-2-7-14(27)17(29)12-9-15(19(23,24)25)26-16-11(12)5-4-6-13(16)18(20,21)22;1-2/h4-6,9,14,17,29H,2-3,7-8H2,1H3;2H,1H3/t14-,17+;/m0./s1. The molecule has 0 bridgehead atoms. The lowest BCUT2D eigenvalue weighted by Crippen LogP contribution is -2.45. The third-order valence-corrected chi connectivity index (χ3v) is 5.10. The number of carbonyl (C=O) groups is 1. The lowest BCUT2D eigenvalue weighted by molar-refractivity contribution is -0.142. The first-order valence-corrected chi connectivity index (χ1v) is 9.39. The summed E-state index contributed by atoms with van der Waals surface area (Å²) >= 11 is 0. The Kier molecular flexibility index (Phi) is 7.53. The quantitative estimate of drug-likeness (QED) is 0.666. The van der Waals surface area contributed by atoms with Crippen LogP contribution >= 0.6 is 0 Å². The van der Waals surface area contributed by atoms with Crippen molar-refractivity contribution in [2.45, 2.75) is 50.7 Å². The summed E-state index contributed by atoms with van der Waals surface area (Å²) in [5.41, 5.74) is -4.05. The van der Waals surface area contributed by atoms with Gasteiger partial charge in [0.1, 0.15) is 11.8 Å². The number of piperidine rings is 1. The number of hydrogen-bond donors (Lipinski definition) is 2. The molecule has 0 radical (unpaired) electrons. The molecule has 5 nitrogen and oxygen atoms in total. The fraction of sp³-hybridized carbons (Fsp3) is 0.500. The van der Waals surface area contributed by atoms with E-state index in [4.69, 9.17) is 5.11 Å². The van der Waals surface area contributed by atoms with Gasteiger partial charge in [-0.2, -0.15) is 26.3 Å². The van der Waals surface area contributed by atoms with E-state index in [9.17, 15) is 36.2 Å². The molecule has 0 saturated carbocycles. The molecule has 2 heterocycles. The molecule has 31 heavy (non-hydrogen) atoms. The number of likely N-dealkylation sites (tertiary alicyclic amines) is 1. The first-order chi connectivity index (χ1) is 14.4. The highest BCUT2D eigenvalue weighted by Crippen LogP contribution is 2.40. The van der Waals surface area contributed by atoms with Crippen LogP contribution < -0.4 is 0 Å². The molecule has 1 aromatic heterocycles. The van der Waals surface area contributed by atoms with Crippen molar-refractivity contribution >= 4 is 16.8 Å². The largest absolute Gasteiger partial charge is 0.433 e. The Labute approximate surface area is 174 Å². The van der Waals surface area contributed by atoms with E-state index in [2.05, 4.69) is 4.98 Å². The van der Waals surface area contributed by atoms with Gasteiger partial charge in [-0.05, 0) is 37.0 Å². The van der Waals surface area contributed by atoms with Crippen molar-refractivity contribution in [3.05, 3.63) is 41.1 Å². The Morgan fingerprint density at radius 1 is 1.13 bits per heavy atom. The van der Waals surface area contributed by atoms with Crippen LogP contribution in [-0.4, -0.2) is 45.7 Å². The molecule has 2 atom stereocenters. The topological polar surface area (TPSA) is 73.7 Å². The number of aliphatic hydroxyl groups is 2. The average Bonchev–Trinajstić information content (AvgIpc) is 2.72. The highest BCUT2D eigenvalue weighted by atomic mass is 19.4. The monoisotopic (exact) mass is 452 g/mol. The number of alkyl halides is 6. The Morgan fingerprint density at radius 2 is 1.77 bits per heavy atom. The minimum atomic E-state index is -5.01. The number of aliphatic hydroxyl groups excluding tert-OH is 2. The summed E-state index contributed by atoms with van der Waals surface area (Å²) in [7, 11) is 1.00. The van der Waals surface area contributed by atoms with Gasteiger partial charge in [0.2, 0.25) is 5.91 Å². The molecular weight excluding hydrogens is 430 g/mol. The molecular formula is C20H22F6N2O3. The number of benzene rings is 1. The number of para-hydroxylation sites is 1. The van der Waals surface area contributed by atoms with Crippen molar-refractivity contribution in [2.24, 2.45) is 0 Å². The lowest BCUT2D eigenvalue weighted by Gasteiger charge is -2.38. The summed E-state index contributed by atoms with van der Waals surface area (Å²) in [6.45, 7) is 1.60. The van der Waals surface area contributed by atoms with Crippen molar-refractivity contribution < 1.29 is 41.4 Å². The smallest absolute Gasteiger partial charge is 0.400 e. The highest BCUT2D eigenvalue weighted by molar-refractivity contribution is 5.86. The second-order valence-electron chi connectivity index (χ2n) is 7.01. The van der Waals surface area contributed by atoms with Crippen LogP contribution in [0.15, 0.2) is 24.3 Å². The maximum Gasteiger partial charge on any atom is 0.433 e. The van der Waals surface area contributed by atoms with E-state index < -0.39 is 41.3 Å². The highest BCUT2D eigenvalue weighted by Gasteiger charge is 2.39. The Hall–Kier alpha value is -2.40. The van der Waals surface area contributed by atoms with Gasteiger partial charge in [0.05, 0.1) is 17.1 Å².